The highest BCUT2D eigenvalue weighted by Gasteiger charge is 2.44. The number of rotatable bonds is 5. The van der Waals surface area contributed by atoms with Crippen molar-refractivity contribution in [3.05, 3.63) is 59.1 Å². The molecule has 0 spiro atoms. The number of halogens is 1. The molecule has 0 aliphatic carbocycles. The summed E-state index contributed by atoms with van der Waals surface area (Å²) in [6.07, 6.45) is -0.398. The first-order valence-electron chi connectivity index (χ1n) is 9.78. The highest BCUT2D eigenvalue weighted by atomic mass is 35.5. The predicted molar refractivity (Wildman–Crippen MR) is 113 cm³/mol. The van der Waals surface area contributed by atoms with Crippen LogP contribution in [0.5, 0.6) is 0 Å². The molecule has 2 aliphatic rings. The molecule has 1 fully saturated rings. The number of fused-ring (bicyclic) bond motifs is 1. The van der Waals surface area contributed by atoms with Crippen molar-refractivity contribution in [3.63, 3.8) is 0 Å². The van der Waals surface area contributed by atoms with Gasteiger partial charge in [-0.1, -0.05) is 29.8 Å². The SMILES string of the molecule is O=C(OCC(=O)N1CCc2ccccc21)[C@@H]1C[C@H](O)CN1S(=O)(=O)c1ccc(Cl)cc1. The quantitative estimate of drug-likeness (QED) is 0.674. The summed E-state index contributed by atoms with van der Waals surface area (Å²) in [5, 5.41) is 10.4. The van der Waals surface area contributed by atoms with Gasteiger partial charge in [-0.05, 0) is 42.3 Å². The molecule has 0 saturated carbocycles. The highest BCUT2D eigenvalue weighted by Crippen LogP contribution is 2.29. The maximum atomic E-state index is 13.0. The topological polar surface area (TPSA) is 104 Å². The fourth-order valence-corrected chi connectivity index (χ4v) is 5.66. The first-order valence-corrected chi connectivity index (χ1v) is 11.6. The molecular formula is C21H21ClN2O6S. The van der Waals surface area contributed by atoms with Crippen molar-refractivity contribution in [2.24, 2.45) is 0 Å². The maximum Gasteiger partial charge on any atom is 0.325 e. The Morgan fingerprint density at radius 3 is 2.58 bits per heavy atom. The predicted octanol–water partition coefficient (Wildman–Crippen LogP) is 1.60. The molecule has 1 N–H and O–H groups in total. The summed E-state index contributed by atoms with van der Waals surface area (Å²) in [4.78, 5) is 26.7. The summed E-state index contributed by atoms with van der Waals surface area (Å²) in [6, 6.07) is 11.8. The maximum absolute atomic E-state index is 13.0. The zero-order valence-corrected chi connectivity index (χ0v) is 18.1. The van der Waals surface area contributed by atoms with Gasteiger partial charge in [0.05, 0.1) is 11.0 Å². The van der Waals surface area contributed by atoms with E-state index in [-0.39, 0.29) is 23.8 Å². The zero-order valence-electron chi connectivity index (χ0n) is 16.5. The van der Waals surface area contributed by atoms with Gasteiger partial charge in [-0.2, -0.15) is 4.31 Å². The van der Waals surface area contributed by atoms with Crippen LogP contribution in [0.4, 0.5) is 5.69 Å². The van der Waals surface area contributed by atoms with E-state index in [4.69, 9.17) is 16.3 Å². The lowest BCUT2D eigenvalue weighted by atomic mass is 10.2. The number of benzene rings is 2. The number of amides is 1. The molecule has 8 nitrogen and oxygen atoms in total. The molecule has 0 bridgehead atoms. The van der Waals surface area contributed by atoms with Gasteiger partial charge >= 0.3 is 5.97 Å². The third-order valence-electron chi connectivity index (χ3n) is 5.45. The van der Waals surface area contributed by atoms with Crippen molar-refractivity contribution in [1.29, 1.82) is 0 Å². The number of carbonyl (C=O) groups excluding carboxylic acids is 2. The Kier molecular flexibility index (Phi) is 6.02. The number of anilines is 1. The molecule has 0 radical (unpaired) electrons. The third kappa shape index (κ3) is 4.31. The van der Waals surface area contributed by atoms with Crippen molar-refractivity contribution in [3.8, 4) is 0 Å². The lowest BCUT2D eigenvalue weighted by molar-refractivity contribution is -0.151. The van der Waals surface area contributed by atoms with Crippen molar-refractivity contribution in [2.45, 2.75) is 29.9 Å². The van der Waals surface area contributed by atoms with Gasteiger partial charge in [0.15, 0.2) is 6.61 Å². The second-order valence-electron chi connectivity index (χ2n) is 7.47. The van der Waals surface area contributed by atoms with E-state index < -0.39 is 34.7 Å². The second-order valence-corrected chi connectivity index (χ2v) is 9.79. The van der Waals surface area contributed by atoms with E-state index in [1.165, 1.54) is 24.3 Å². The van der Waals surface area contributed by atoms with Crippen LogP contribution in [-0.4, -0.2) is 61.5 Å². The van der Waals surface area contributed by atoms with E-state index in [1.54, 1.807) is 4.90 Å². The average molecular weight is 465 g/mol. The van der Waals surface area contributed by atoms with Gasteiger partial charge in [0, 0.05) is 30.2 Å². The summed E-state index contributed by atoms with van der Waals surface area (Å²) in [7, 11) is -4.06. The Morgan fingerprint density at radius 2 is 1.84 bits per heavy atom. The van der Waals surface area contributed by atoms with Gasteiger partial charge in [0.1, 0.15) is 6.04 Å². The summed E-state index contributed by atoms with van der Waals surface area (Å²) >= 11 is 5.82. The number of esters is 1. The molecule has 0 unspecified atom stereocenters. The third-order valence-corrected chi connectivity index (χ3v) is 7.59. The molecule has 164 valence electrons. The molecule has 2 heterocycles. The molecule has 31 heavy (non-hydrogen) atoms. The van der Waals surface area contributed by atoms with Crippen LogP contribution in [0.25, 0.3) is 0 Å². The Morgan fingerprint density at radius 1 is 1.13 bits per heavy atom. The van der Waals surface area contributed by atoms with Crippen LogP contribution in [-0.2, 0) is 30.8 Å². The average Bonchev–Trinajstić information content (AvgIpc) is 3.36. The van der Waals surface area contributed by atoms with Gasteiger partial charge < -0.3 is 14.7 Å². The summed E-state index contributed by atoms with van der Waals surface area (Å²) in [5.74, 6) is -1.25. The number of nitrogens with zero attached hydrogens (tertiary/aromatic N) is 2. The largest absolute Gasteiger partial charge is 0.454 e. The molecule has 2 aliphatic heterocycles. The molecule has 0 aromatic heterocycles. The standard InChI is InChI=1S/C21H21ClN2O6S/c22-15-5-7-17(8-6-15)31(28,29)24-12-16(25)11-19(24)21(27)30-13-20(26)23-10-9-14-3-1-2-4-18(14)23/h1-8,16,19,25H,9-13H2/t16-,19-/m0/s1. The Hall–Kier alpha value is -2.46. The fraction of sp³-hybridized carbons (Fsp3) is 0.333. The Bertz CT molecular complexity index is 1110. The van der Waals surface area contributed by atoms with Gasteiger partial charge in [-0.3, -0.25) is 9.59 Å². The normalized spacial score (nSPS) is 21.2. The lowest BCUT2D eigenvalue weighted by Gasteiger charge is -2.23. The minimum absolute atomic E-state index is 0.0476. The van der Waals surface area contributed by atoms with Crippen LogP contribution in [0.1, 0.15) is 12.0 Å². The Balaban J connectivity index is 1.45. The number of aliphatic hydroxyl groups excluding tert-OH is 1. The number of ether oxygens (including phenoxy) is 1. The zero-order chi connectivity index (χ0) is 22.2. The summed E-state index contributed by atoms with van der Waals surface area (Å²) < 4.78 is 32.1. The molecule has 2 aromatic carbocycles. The van der Waals surface area contributed by atoms with Gasteiger partial charge in [0.2, 0.25) is 10.0 Å². The van der Waals surface area contributed by atoms with Crippen molar-refractivity contribution in [2.75, 3.05) is 24.6 Å². The second kappa shape index (κ2) is 8.58. The minimum atomic E-state index is -4.06. The van der Waals surface area contributed by atoms with Crippen LogP contribution in [0.2, 0.25) is 5.02 Å². The van der Waals surface area contributed by atoms with Crippen LogP contribution < -0.4 is 4.90 Å². The van der Waals surface area contributed by atoms with E-state index in [2.05, 4.69) is 0 Å². The lowest BCUT2D eigenvalue weighted by Crippen LogP contribution is -2.42. The molecule has 4 rings (SSSR count). The van der Waals surface area contributed by atoms with Crippen LogP contribution in [0, 0.1) is 0 Å². The van der Waals surface area contributed by atoms with Crippen LogP contribution in [0.15, 0.2) is 53.4 Å². The monoisotopic (exact) mass is 464 g/mol. The number of β-amino-alcohol motifs (C(OH)–C–C–N with tert-alkyl or cyclic N) is 1. The Labute approximate surface area is 185 Å². The molecule has 1 saturated heterocycles. The van der Waals surface area contributed by atoms with E-state index in [0.29, 0.717) is 11.6 Å². The smallest absolute Gasteiger partial charge is 0.325 e. The van der Waals surface area contributed by atoms with E-state index in [9.17, 15) is 23.1 Å². The number of carbonyl (C=O) groups is 2. The van der Waals surface area contributed by atoms with Gasteiger partial charge in [-0.15, -0.1) is 0 Å². The van der Waals surface area contributed by atoms with Crippen LogP contribution >= 0.6 is 11.6 Å². The number of para-hydroxylation sites is 1. The molecule has 1 amide bonds. The molecule has 2 atom stereocenters. The van der Waals surface area contributed by atoms with Crippen molar-refractivity contribution in [1.82, 2.24) is 4.31 Å². The van der Waals surface area contributed by atoms with E-state index in [0.717, 1.165) is 22.0 Å². The number of hydrogen-bond acceptors (Lipinski definition) is 6. The summed E-state index contributed by atoms with van der Waals surface area (Å²) in [6.45, 7) is -0.248. The molecule has 2 aromatic rings. The number of aliphatic hydroxyl groups is 1. The van der Waals surface area contributed by atoms with Crippen LogP contribution in [0.3, 0.4) is 0 Å². The molecule has 10 heteroatoms. The van der Waals surface area contributed by atoms with Crippen molar-refractivity contribution >= 4 is 39.2 Å². The number of sulfonamides is 1. The number of hydrogen-bond donors (Lipinski definition) is 1. The highest BCUT2D eigenvalue weighted by molar-refractivity contribution is 7.89. The first-order chi connectivity index (χ1) is 14.8. The van der Waals surface area contributed by atoms with E-state index in [1.807, 2.05) is 24.3 Å². The first kappa shape index (κ1) is 21.8. The van der Waals surface area contributed by atoms with Crippen molar-refractivity contribution < 1.29 is 27.9 Å². The fourth-order valence-electron chi connectivity index (χ4n) is 3.91. The van der Waals surface area contributed by atoms with E-state index >= 15 is 0 Å². The minimum Gasteiger partial charge on any atom is -0.454 e. The van der Waals surface area contributed by atoms with Gasteiger partial charge in [-0.25, -0.2) is 8.42 Å². The summed E-state index contributed by atoms with van der Waals surface area (Å²) in [5.41, 5.74) is 1.83. The molecular weight excluding hydrogens is 444 g/mol. The van der Waals surface area contributed by atoms with Gasteiger partial charge in [0.25, 0.3) is 5.91 Å².